The maximum atomic E-state index is 4.43. The zero-order chi connectivity index (χ0) is 21.8. The van der Waals surface area contributed by atoms with Gasteiger partial charge in [0.25, 0.3) is 0 Å². The first-order valence-corrected chi connectivity index (χ1v) is 10.3. The Bertz CT molecular complexity index is 1050. The van der Waals surface area contributed by atoms with Crippen molar-refractivity contribution in [2.75, 3.05) is 10.6 Å². The molecule has 2 aromatic heterocycles. The van der Waals surface area contributed by atoms with Crippen molar-refractivity contribution in [2.24, 2.45) is 0 Å². The van der Waals surface area contributed by atoms with Crippen LogP contribution in [0.1, 0.15) is 33.9 Å². The largest absolute Gasteiger partial charge is 0.324 e. The Morgan fingerprint density at radius 2 is 0.839 bits per heavy atom. The Morgan fingerprint density at radius 3 is 1.16 bits per heavy atom. The summed E-state index contributed by atoms with van der Waals surface area (Å²) in [5.74, 6) is 1.25. The SMILES string of the molecule is Cc1cc(C)nc(Nc2ccc(Cc3ccc(Nc4nc(C)cc(C)n4)cc3)cc2)n1. The van der Waals surface area contributed by atoms with Gasteiger partial charge >= 0.3 is 0 Å². The molecular weight excluding hydrogens is 384 g/mol. The lowest BCUT2D eigenvalue weighted by Gasteiger charge is -2.09. The number of hydrogen-bond acceptors (Lipinski definition) is 6. The van der Waals surface area contributed by atoms with Crippen molar-refractivity contribution in [1.29, 1.82) is 0 Å². The third kappa shape index (κ3) is 5.63. The summed E-state index contributed by atoms with van der Waals surface area (Å²) in [4.78, 5) is 17.7. The highest BCUT2D eigenvalue weighted by molar-refractivity contribution is 5.56. The molecule has 0 fully saturated rings. The number of aryl methyl sites for hydroxylation is 4. The number of anilines is 4. The zero-order valence-corrected chi connectivity index (χ0v) is 18.3. The van der Waals surface area contributed by atoms with Gasteiger partial charge in [-0.05, 0) is 81.6 Å². The van der Waals surface area contributed by atoms with Gasteiger partial charge in [0.2, 0.25) is 11.9 Å². The minimum atomic E-state index is 0.626. The first kappa shape index (κ1) is 20.5. The van der Waals surface area contributed by atoms with Crippen LogP contribution in [0.4, 0.5) is 23.3 Å². The minimum absolute atomic E-state index is 0.626. The fourth-order valence-corrected chi connectivity index (χ4v) is 3.47. The molecule has 0 atom stereocenters. The third-order valence-corrected chi connectivity index (χ3v) is 4.79. The average molecular weight is 411 g/mol. The second-order valence-electron chi connectivity index (χ2n) is 7.77. The summed E-state index contributed by atoms with van der Waals surface area (Å²) in [5, 5.41) is 6.55. The molecular formula is C25H26N6. The van der Waals surface area contributed by atoms with Crippen molar-refractivity contribution >= 4 is 23.3 Å². The normalized spacial score (nSPS) is 10.7. The lowest BCUT2D eigenvalue weighted by molar-refractivity contribution is 1.06. The molecule has 6 nitrogen and oxygen atoms in total. The highest BCUT2D eigenvalue weighted by Crippen LogP contribution is 2.19. The van der Waals surface area contributed by atoms with Crippen LogP contribution >= 0.6 is 0 Å². The van der Waals surface area contributed by atoms with E-state index in [9.17, 15) is 0 Å². The summed E-state index contributed by atoms with van der Waals surface area (Å²) in [6, 6.07) is 20.7. The van der Waals surface area contributed by atoms with E-state index >= 15 is 0 Å². The van der Waals surface area contributed by atoms with E-state index in [0.717, 1.165) is 40.6 Å². The highest BCUT2D eigenvalue weighted by atomic mass is 15.1. The molecule has 2 aromatic carbocycles. The van der Waals surface area contributed by atoms with Crippen molar-refractivity contribution in [3.63, 3.8) is 0 Å². The third-order valence-electron chi connectivity index (χ3n) is 4.79. The van der Waals surface area contributed by atoms with Gasteiger partial charge in [-0.2, -0.15) is 0 Å². The molecule has 0 aliphatic carbocycles. The van der Waals surface area contributed by atoms with Gasteiger partial charge in [0.05, 0.1) is 0 Å². The summed E-state index contributed by atoms with van der Waals surface area (Å²) in [6.07, 6.45) is 0.862. The minimum Gasteiger partial charge on any atom is -0.324 e. The van der Waals surface area contributed by atoms with E-state index in [1.165, 1.54) is 11.1 Å². The summed E-state index contributed by atoms with van der Waals surface area (Å²) < 4.78 is 0. The predicted molar refractivity (Wildman–Crippen MR) is 125 cm³/mol. The van der Waals surface area contributed by atoms with Crippen LogP contribution in [0.5, 0.6) is 0 Å². The average Bonchev–Trinajstić information content (AvgIpc) is 2.69. The van der Waals surface area contributed by atoms with Gasteiger partial charge in [-0.3, -0.25) is 0 Å². The zero-order valence-electron chi connectivity index (χ0n) is 18.3. The maximum absolute atomic E-state index is 4.43. The Labute approximate surface area is 182 Å². The van der Waals surface area contributed by atoms with Gasteiger partial charge in [0, 0.05) is 34.2 Å². The van der Waals surface area contributed by atoms with Gasteiger partial charge in [-0.1, -0.05) is 24.3 Å². The number of nitrogens with zero attached hydrogens (tertiary/aromatic N) is 4. The molecule has 6 heteroatoms. The summed E-state index contributed by atoms with van der Waals surface area (Å²) in [6.45, 7) is 7.88. The number of benzene rings is 2. The monoisotopic (exact) mass is 410 g/mol. The Balaban J connectivity index is 1.38. The Kier molecular flexibility index (Phi) is 5.89. The standard InChI is InChI=1S/C25H26N6/c1-16-13-17(2)27-24(26-16)30-22-9-5-20(6-10-22)15-21-7-11-23(12-8-21)31-25-28-18(3)14-19(4)29-25/h5-14H,15H2,1-4H3,(H,26,27,30)(H,28,29,31). The lowest BCUT2D eigenvalue weighted by Crippen LogP contribution is -2.00. The second kappa shape index (κ2) is 8.92. The molecule has 2 N–H and O–H groups in total. The number of rotatable bonds is 6. The maximum Gasteiger partial charge on any atom is 0.227 e. The number of nitrogens with one attached hydrogen (secondary N) is 2. The predicted octanol–water partition coefficient (Wildman–Crippen LogP) is 5.58. The quantitative estimate of drug-likeness (QED) is 0.432. The van der Waals surface area contributed by atoms with Crippen LogP contribution in [0, 0.1) is 27.7 Å². The van der Waals surface area contributed by atoms with Crippen LogP contribution < -0.4 is 10.6 Å². The molecule has 0 bridgehead atoms. The fraction of sp³-hybridized carbons (Fsp3) is 0.200. The highest BCUT2D eigenvalue weighted by Gasteiger charge is 2.03. The van der Waals surface area contributed by atoms with Crippen molar-refractivity contribution in [1.82, 2.24) is 19.9 Å². The number of hydrogen-bond donors (Lipinski definition) is 2. The molecule has 31 heavy (non-hydrogen) atoms. The molecule has 0 radical (unpaired) electrons. The number of aromatic nitrogens is 4. The van der Waals surface area contributed by atoms with E-state index in [-0.39, 0.29) is 0 Å². The van der Waals surface area contributed by atoms with Crippen molar-refractivity contribution < 1.29 is 0 Å². The van der Waals surface area contributed by atoms with Crippen LogP contribution in [0.15, 0.2) is 60.7 Å². The molecule has 0 unspecified atom stereocenters. The van der Waals surface area contributed by atoms with E-state index in [1.807, 2.05) is 39.8 Å². The van der Waals surface area contributed by atoms with E-state index in [2.05, 4.69) is 79.1 Å². The summed E-state index contributed by atoms with van der Waals surface area (Å²) in [5.41, 5.74) is 8.24. The molecule has 0 saturated carbocycles. The van der Waals surface area contributed by atoms with E-state index in [1.54, 1.807) is 0 Å². The van der Waals surface area contributed by atoms with E-state index in [4.69, 9.17) is 0 Å². The molecule has 0 spiro atoms. The Morgan fingerprint density at radius 1 is 0.516 bits per heavy atom. The van der Waals surface area contributed by atoms with Crippen LogP contribution in [0.25, 0.3) is 0 Å². The molecule has 2 heterocycles. The van der Waals surface area contributed by atoms with Gasteiger partial charge < -0.3 is 10.6 Å². The molecule has 4 aromatic rings. The Hall–Kier alpha value is -3.80. The van der Waals surface area contributed by atoms with Gasteiger partial charge in [-0.25, -0.2) is 19.9 Å². The van der Waals surface area contributed by atoms with Crippen molar-refractivity contribution in [2.45, 2.75) is 34.1 Å². The van der Waals surface area contributed by atoms with E-state index in [0.29, 0.717) is 11.9 Å². The topological polar surface area (TPSA) is 75.6 Å². The molecule has 0 aliphatic rings. The second-order valence-corrected chi connectivity index (χ2v) is 7.77. The van der Waals surface area contributed by atoms with Crippen LogP contribution in [-0.4, -0.2) is 19.9 Å². The first-order valence-electron chi connectivity index (χ1n) is 10.3. The van der Waals surface area contributed by atoms with Gasteiger partial charge in [-0.15, -0.1) is 0 Å². The fourth-order valence-electron chi connectivity index (χ4n) is 3.47. The molecule has 156 valence electrons. The molecule has 4 rings (SSSR count). The summed E-state index contributed by atoms with van der Waals surface area (Å²) >= 11 is 0. The van der Waals surface area contributed by atoms with Crippen molar-refractivity contribution in [3.05, 3.63) is 94.6 Å². The summed E-state index contributed by atoms with van der Waals surface area (Å²) in [7, 11) is 0. The van der Waals surface area contributed by atoms with Crippen LogP contribution in [0.3, 0.4) is 0 Å². The van der Waals surface area contributed by atoms with Gasteiger partial charge in [0.1, 0.15) is 0 Å². The first-order chi connectivity index (χ1) is 14.9. The lowest BCUT2D eigenvalue weighted by atomic mass is 10.0. The van der Waals surface area contributed by atoms with E-state index < -0.39 is 0 Å². The van der Waals surface area contributed by atoms with Crippen molar-refractivity contribution in [3.8, 4) is 0 Å². The van der Waals surface area contributed by atoms with Crippen LogP contribution in [-0.2, 0) is 6.42 Å². The van der Waals surface area contributed by atoms with Gasteiger partial charge in [0.15, 0.2) is 0 Å². The molecule has 0 aliphatic heterocycles. The smallest absolute Gasteiger partial charge is 0.227 e. The van der Waals surface area contributed by atoms with Crippen LogP contribution in [0.2, 0.25) is 0 Å². The molecule has 0 amide bonds. The molecule has 0 saturated heterocycles.